The predicted octanol–water partition coefficient (Wildman–Crippen LogP) is 4.57. The summed E-state index contributed by atoms with van der Waals surface area (Å²) >= 11 is 2.10. The molecule has 18 heavy (non-hydrogen) atoms. The fraction of sp³-hybridized carbons (Fsp3) is 1.00. The Morgan fingerprint density at radius 1 is 1.17 bits per heavy atom. The molecule has 0 aromatic carbocycles. The van der Waals surface area contributed by atoms with E-state index in [0.29, 0.717) is 0 Å². The van der Waals surface area contributed by atoms with Crippen LogP contribution >= 0.6 is 11.8 Å². The number of hydrogen-bond donors (Lipinski definition) is 1. The molecule has 1 aliphatic carbocycles. The van der Waals surface area contributed by atoms with Crippen LogP contribution < -0.4 is 5.32 Å². The van der Waals surface area contributed by atoms with Gasteiger partial charge in [0.2, 0.25) is 0 Å². The summed E-state index contributed by atoms with van der Waals surface area (Å²) in [5, 5.41) is 3.68. The van der Waals surface area contributed by atoms with Gasteiger partial charge in [0.15, 0.2) is 0 Å². The summed E-state index contributed by atoms with van der Waals surface area (Å²) in [6.07, 6.45) is 8.81. The third kappa shape index (κ3) is 7.04. The molecule has 0 aromatic heterocycles. The molecule has 0 bridgehead atoms. The summed E-state index contributed by atoms with van der Waals surface area (Å²) in [6.45, 7) is 9.32. The molecule has 1 N–H and O–H groups in total. The van der Waals surface area contributed by atoms with Crippen LogP contribution in [0.4, 0.5) is 0 Å². The van der Waals surface area contributed by atoms with E-state index in [0.717, 1.165) is 17.8 Å². The van der Waals surface area contributed by atoms with Gasteiger partial charge in [0, 0.05) is 0 Å². The molecule has 108 valence electrons. The van der Waals surface area contributed by atoms with Crippen molar-refractivity contribution in [2.24, 2.45) is 17.8 Å². The lowest BCUT2D eigenvalue weighted by atomic mass is 9.77. The van der Waals surface area contributed by atoms with Crippen LogP contribution in [0.25, 0.3) is 0 Å². The fourth-order valence-electron chi connectivity index (χ4n) is 3.08. The van der Waals surface area contributed by atoms with Gasteiger partial charge in [-0.25, -0.2) is 0 Å². The first-order valence-corrected chi connectivity index (χ1v) is 9.18. The highest BCUT2D eigenvalue weighted by Gasteiger charge is 2.24. The Morgan fingerprint density at radius 2 is 1.89 bits per heavy atom. The van der Waals surface area contributed by atoms with Crippen molar-refractivity contribution in [3.63, 3.8) is 0 Å². The van der Waals surface area contributed by atoms with E-state index in [4.69, 9.17) is 0 Å². The van der Waals surface area contributed by atoms with Gasteiger partial charge in [0.1, 0.15) is 0 Å². The summed E-state index contributed by atoms with van der Waals surface area (Å²) in [7, 11) is 0. The van der Waals surface area contributed by atoms with Crippen LogP contribution in [0.1, 0.15) is 59.3 Å². The first kappa shape index (κ1) is 16.4. The van der Waals surface area contributed by atoms with E-state index in [-0.39, 0.29) is 0 Å². The second-order valence-electron chi connectivity index (χ2n) is 6.20. The molecule has 2 unspecified atom stereocenters. The summed E-state index contributed by atoms with van der Waals surface area (Å²) in [4.78, 5) is 0. The predicted molar refractivity (Wildman–Crippen MR) is 85.4 cm³/mol. The second kappa shape index (κ2) is 10.1. The van der Waals surface area contributed by atoms with Crippen molar-refractivity contribution in [2.75, 3.05) is 24.6 Å². The van der Waals surface area contributed by atoms with Gasteiger partial charge in [-0.1, -0.05) is 40.0 Å². The second-order valence-corrected chi connectivity index (χ2v) is 7.59. The minimum Gasteiger partial charge on any atom is -0.316 e. The zero-order chi connectivity index (χ0) is 13.2. The average molecular weight is 272 g/mol. The van der Waals surface area contributed by atoms with Gasteiger partial charge in [-0.3, -0.25) is 0 Å². The van der Waals surface area contributed by atoms with Gasteiger partial charge < -0.3 is 5.32 Å². The zero-order valence-corrected chi connectivity index (χ0v) is 13.5. The maximum atomic E-state index is 3.68. The van der Waals surface area contributed by atoms with E-state index in [9.17, 15) is 0 Å². The molecule has 0 radical (unpaired) electrons. The Kier molecular flexibility index (Phi) is 9.22. The number of thioether (sulfide) groups is 1. The Labute approximate surface area is 119 Å². The van der Waals surface area contributed by atoms with Crippen molar-refractivity contribution in [3.8, 4) is 0 Å². The summed E-state index contributed by atoms with van der Waals surface area (Å²) in [6, 6.07) is 0. The highest BCUT2D eigenvalue weighted by molar-refractivity contribution is 7.99. The van der Waals surface area contributed by atoms with E-state index in [2.05, 4.69) is 37.8 Å². The van der Waals surface area contributed by atoms with Crippen molar-refractivity contribution in [1.29, 1.82) is 0 Å². The minimum absolute atomic E-state index is 0.785. The first-order chi connectivity index (χ1) is 8.74. The monoisotopic (exact) mass is 271 g/mol. The Morgan fingerprint density at radius 3 is 2.56 bits per heavy atom. The molecular weight excluding hydrogens is 238 g/mol. The van der Waals surface area contributed by atoms with Crippen LogP contribution in [0.3, 0.4) is 0 Å². The van der Waals surface area contributed by atoms with Crippen molar-refractivity contribution >= 4 is 11.8 Å². The van der Waals surface area contributed by atoms with Crippen LogP contribution in [0, 0.1) is 17.8 Å². The molecule has 2 heteroatoms. The van der Waals surface area contributed by atoms with Crippen molar-refractivity contribution in [3.05, 3.63) is 0 Å². The summed E-state index contributed by atoms with van der Waals surface area (Å²) in [5.41, 5.74) is 0. The fourth-order valence-corrected chi connectivity index (χ4v) is 3.74. The van der Waals surface area contributed by atoms with Gasteiger partial charge in [-0.05, 0) is 61.6 Å². The molecule has 2 atom stereocenters. The van der Waals surface area contributed by atoms with Crippen LogP contribution in [-0.2, 0) is 0 Å². The van der Waals surface area contributed by atoms with Gasteiger partial charge in [-0.15, -0.1) is 0 Å². The standard InChI is InChI=1S/C16H33NS/c1-4-18-11-7-10-15-8-5-6-9-16(15)13-17-12-14(2)3/h14-17H,4-13H2,1-3H3. The molecule has 1 rings (SSSR count). The molecule has 1 aliphatic rings. The van der Waals surface area contributed by atoms with Gasteiger partial charge in [0.25, 0.3) is 0 Å². The average Bonchev–Trinajstić information content (AvgIpc) is 2.36. The van der Waals surface area contributed by atoms with Crippen LogP contribution in [0.15, 0.2) is 0 Å². The molecule has 0 saturated heterocycles. The molecule has 0 aliphatic heterocycles. The third-order valence-electron chi connectivity index (χ3n) is 4.09. The maximum absolute atomic E-state index is 3.68. The van der Waals surface area contributed by atoms with Crippen molar-refractivity contribution in [1.82, 2.24) is 5.32 Å². The Balaban J connectivity index is 2.19. The topological polar surface area (TPSA) is 12.0 Å². The van der Waals surface area contributed by atoms with Gasteiger partial charge in [0.05, 0.1) is 0 Å². The quantitative estimate of drug-likeness (QED) is 0.616. The van der Waals surface area contributed by atoms with Crippen molar-refractivity contribution in [2.45, 2.75) is 59.3 Å². The summed E-state index contributed by atoms with van der Waals surface area (Å²) < 4.78 is 0. The third-order valence-corrected chi connectivity index (χ3v) is 5.08. The largest absolute Gasteiger partial charge is 0.316 e. The number of rotatable bonds is 9. The van der Waals surface area contributed by atoms with E-state index < -0.39 is 0 Å². The SMILES string of the molecule is CCSCCCC1CCCCC1CNCC(C)C. The number of nitrogens with one attached hydrogen (secondary N) is 1. The minimum atomic E-state index is 0.785. The molecule has 0 amide bonds. The van der Waals surface area contributed by atoms with Crippen LogP contribution in [0.5, 0.6) is 0 Å². The Bertz CT molecular complexity index is 194. The first-order valence-electron chi connectivity index (χ1n) is 8.02. The lowest BCUT2D eigenvalue weighted by molar-refractivity contribution is 0.215. The molecule has 0 aromatic rings. The molecule has 1 saturated carbocycles. The normalized spacial score (nSPS) is 24.7. The smallest absolute Gasteiger partial charge is 0.00178 e. The molecule has 0 spiro atoms. The lowest BCUT2D eigenvalue weighted by Crippen LogP contribution is -2.32. The molecular formula is C16H33NS. The van der Waals surface area contributed by atoms with Gasteiger partial charge in [-0.2, -0.15) is 11.8 Å². The van der Waals surface area contributed by atoms with Crippen LogP contribution in [-0.4, -0.2) is 24.6 Å². The van der Waals surface area contributed by atoms with E-state index >= 15 is 0 Å². The van der Waals surface area contributed by atoms with E-state index in [1.807, 2.05) is 0 Å². The van der Waals surface area contributed by atoms with Crippen LogP contribution in [0.2, 0.25) is 0 Å². The van der Waals surface area contributed by atoms with Gasteiger partial charge >= 0.3 is 0 Å². The summed E-state index contributed by atoms with van der Waals surface area (Å²) in [5.74, 6) is 5.41. The van der Waals surface area contributed by atoms with E-state index in [1.165, 1.54) is 63.1 Å². The number of hydrogen-bond acceptors (Lipinski definition) is 2. The highest BCUT2D eigenvalue weighted by atomic mass is 32.2. The maximum Gasteiger partial charge on any atom is -0.00178 e. The zero-order valence-electron chi connectivity index (χ0n) is 12.7. The van der Waals surface area contributed by atoms with Crippen molar-refractivity contribution < 1.29 is 0 Å². The van der Waals surface area contributed by atoms with E-state index in [1.54, 1.807) is 0 Å². The molecule has 1 fully saturated rings. The molecule has 1 nitrogen and oxygen atoms in total. The highest BCUT2D eigenvalue weighted by Crippen LogP contribution is 2.33. The lowest BCUT2D eigenvalue weighted by Gasteiger charge is -2.32. The Hall–Kier alpha value is 0.310. The molecule has 0 heterocycles.